The first-order chi connectivity index (χ1) is 9.56. The minimum atomic E-state index is 0.168. The highest BCUT2D eigenvalue weighted by atomic mass is 79.9. The largest absolute Gasteiger partial charge is 0.491 e. The van der Waals surface area contributed by atoms with E-state index in [4.69, 9.17) is 4.74 Å². The van der Waals surface area contributed by atoms with Crippen molar-refractivity contribution in [2.24, 2.45) is 0 Å². The molecule has 2 aromatic rings. The Balaban J connectivity index is 1.91. The van der Waals surface area contributed by atoms with Crippen LogP contribution in [-0.2, 0) is 0 Å². The van der Waals surface area contributed by atoms with Crippen LogP contribution in [0.1, 0.15) is 18.1 Å². The number of nitrogens with zero attached hydrogens (tertiary/aromatic N) is 1. The Labute approximate surface area is 128 Å². The zero-order valence-electron chi connectivity index (χ0n) is 12.0. The van der Waals surface area contributed by atoms with Crippen LogP contribution in [0.15, 0.2) is 41.0 Å². The van der Waals surface area contributed by atoms with Gasteiger partial charge in [-0.15, -0.1) is 0 Å². The summed E-state index contributed by atoms with van der Waals surface area (Å²) < 4.78 is 6.76. The van der Waals surface area contributed by atoms with E-state index in [1.54, 1.807) is 6.20 Å². The van der Waals surface area contributed by atoms with Gasteiger partial charge in [0.2, 0.25) is 0 Å². The smallest absolute Gasteiger partial charge is 0.140 e. The Bertz CT molecular complexity index is 569. The fourth-order valence-electron chi connectivity index (χ4n) is 1.77. The fourth-order valence-corrected chi connectivity index (χ4v) is 2.12. The van der Waals surface area contributed by atoms with Crippen LogP contribution < -0.4 is 10.1 Å². The van der Waals surface area contributed by atoms with E-state index >= 15 is 0 Å². The molecule has 0 saturated heterocycles. The van der Waals surface area contributed by atoms with Gasteiger partial charge >= 0.3 is 0 Å². The maximum atomic E-state index is 5.76. The van der Waals surface area contributed by atoms with E-state index in [1.807, 2.05) is 37.3 Å². The minimum absolute atomic E-state index is 0.168. The molecular formula is C16H19BrN2O. The average molecular weight is 335 g/mol. The standard InChI is InChI=1S/C16H19BrN2O/c1-11-4-6-14(7-5-11)20-10-13(3)19-16-15(17)12(2)8-9-18-16/h4-9,13H,10H2,1-3H3,(H,18,19). The first-order valence-electron chi connectivity index (χ1n) is 6.63. The van der Waals surface area contributed by atoms with Crippen LogP contribution in [0.5, 0.6) is 5.75 Å². The lowest BCUT2D eigenvalue weighted by atomic mass is 10.2. The van der Waals surface area contributed by atoms with Gasteiger partial charge in [-0.05, 0) is 60.5 Å². The Morgan fingerprint density at radius 2 is 1.90 bits per heavy atom. The van der Waals surface area contributed by atoms with Crippen LogP contribution in [0.3, 0.4) is 0 Å². The fraction of sp³-hybridized carbons (Fsp3) is 0.312. The summed E-state index contributed by atoms with van der Waals surface area (Å²) in [5.41, 5.74) is 2.39. The van der Waals surface area contributed by atoms with Gasteiger partial charge in [-0.25, -0.2) is 4.98 Å². The van der Waals surface area contributed by atoms with Gasteiger partial charge in [-0.3, -0.25) is 0 Å². The third-order valence-electron chi connectivity index (χ3n) is 2.99. The summed E-state index contributed by atoms with van der Waals surface area (Å²) in [5, 5.41) is 3.35. The molecule has 3 nitrogen and oxygen atoms in total. The van der Waals surface area contributed by atoms with Gasteiger partial charge in [0.1, 0.15) is 18.2 Å². The summed E-state index contributed by atoms with van der Waals surface area (Å²) in [6, 6.07) is 10.2. The van der Waals surface area contributed by atoms with Crippen molar-refractivity contribution in [1.29, 1.82) is 0 Å². The molecule has 1 N–H and O–H groups in total. The van der Waals surface area contributed by atoms with Crippen molar-refractivity contribution >= 4 is 21.7 Å². The van der Waals surface area contributed by atoms with E-state index in [2.05, 4.69) is 40.1 Å². The van der Waals surface area contributed by atoms with E-state index in [-0.39, 0.29) is 6.04 Å². The van der Waals surface area contributed by atoms with Crippen LogP contribution in [0.2, 0.25) is 0 Å². The molecule has 0 saturated carbocycles. The maximum absolute atomic E-state index is 5.76. The summed E-state index contributed by atoms with van der Waals surface area (Å²) in [6.45, 7) is 6.77. The summed E-state index contributed by atoms with van der Waals surface area (Å²) in [6.07, 6.45) is 1.80. The molecule has 0 aliphatic heterocycles. The number of nitrogens with one attached hydrogen (secondary N) is 1. The maximum Gasteiger partial charge on any atom is 0.140 e. The zero-order valence-corrected chi connectivity index (χ0v) is 13.6. The second-order valence-electron chi connectivity index (χ2n) is 4.96. The number of aromatic nitrogens is 1. The molecular weight excluding hydrogens is 316 g/mol. The summed E-state index contributed by atoms with van der Waals surface area (Å²) >= 11 is 3.55. The number of rotatable bonds is 5. The number of ether oxygens (including phenoxy) is 1. The van der Waals surface area contributed by atoms with Gasteiger partial charge in [0.25, 0.3) is 0 Å². The van der Waals surface area contributed by atoms with Crippen LogP contribution in [0, 0.1) is 13.8 Å². The number of halogens is 1. The highest BCUT2D eigenvalue weighted by molar-refractivity contribution is 9.10. The lowest BCUT2D eigenvalue weighted by Crippen LogP contribution is -2.24. The molecule has 0 spiro atoms. The topological polar surface area (TPSA) is 34.1 Å². The summed E-state index contributed by atoms with van der Waals surface area (Å²) in [7, 11) is 0. The SMILES string of the molecule is Cc1ccc(OCC(C)Nc2nccc(C)c2Br)cc1. The average Bonchev–Trinajstić information content (AvgIpc) is 2.43. The first-order valence-corrected chi connectivity index (χ1v) is 7.42. The highest BCUT2D eigenvalue weighted by Crippen LogP contribution is 2.23. The molecule has 0 aliphatic carbocycles. The number of aryl methyl sites for hydroxylation is 2. The van der Waals surface area contributed by atoms with Gasteiger partial charge < -0.3 is 10.1 Å². The van der Waals surface area contributed by atoms with Gasteiger partial charge in [-0.2, -0.15) is 0 Å². The van der Waals surface area contributed by atoms with E-state index < -0.39 is 0 Å². The van der Waals surface area contributed by atoms with Crippen molar-refractivity contribution in [1.82, 2.24) is 4.98 Å². The van der Waals surface area contributed by atoms with Crippen molar-refractivity contribution in [3.63, 3.8) is 0 Å². The lowest BCUT2D eigenvalue weighted by molar-refractivity contribution is 0.303. The minimum Gasteiger partial charge on any atom is -0.491 e. The third-order valence-corrected chi connectivity index (χ3v) is 3.99. The predicted molar refractivity (Wildman–Crippen MR) is 86.4 cm³/mol. The highest BCUT2D eigenvalue weighted by Gasteiger charge is 2.08. The van der Waals surface area contributed by atoms with Crippen molar-refractivity contribution in [3.05, 3.63) is 52.1 Å². The molecule has 20 heavy (non-hydrogen) atoms. The molecule has 0 radical (unpaired) electrons. The number of anilines is 1. The number of pyridine rings is 1. The van der Waals surface area contributed by atoms with Gasteiger partial charge in [-0.1, -0.05) is 17.7 Å². The first kappa shape index (κ1) is 14.9. The zero-order chi connectivity index (χ0) is 14.5. The number of hydrogen-bond donors (Lipinski definition) is 1. The molecule has 4 heteroatoms. The van der Waals surface area contributed by atoms with Gasteiger partial charge in [0.05, 0.1) is 10.5 Å². The van der Waals surface area contributed by atoms with Crippen molar-refractivity contribution in [2.75, 3.05) is 11.9 Å². The van der Waals surface area contributed by atoms with Crippen molar-refractivity contribution < 1.29 is 4.74 Å². The molecule has 1 atom stereocenters. The monoisotopic (exact) mass is 334 g/mol. The molecule has 0 aliphatic rings. The van der Waals surface area contributed by atoms with E-state index in [0.717, 1.165) is 21.6 Å². The second-order valence-corrected chi connectivity index (χ2v) is 5.75. The van der Waals surface area contributed by atoms with Crippen LogP contribution >= 0.6 is 15.9 Å². The second kappa shape index (κ2) is 6.75. The Kier molecular flexibility index (Phi) is 5.01. The molecule has 1 aromatic heterocycles. The van der Waals surface area contributed by atoms with Gasteiger partial charge in [0.15, 0.2) is 0 Å². The molecule has 1 unspecified atom stereocenters. The molecule has 0 fully saturated rings. The van der Waals surface area contributed by atoms with Crippen LogP contribution in [-0.4, -0.2) is 17.6 Å². The molecule has 1 heterocycles. The molecule has 0 amide bonds. The van der Waals surface area contributed by atoms with Gasteiger partial charge in [0, 0.05) is 6.20 Å². The lowest BCUT2D eigenvalue weighted by Gasteiger charge is -2.17. The quantitative estimate of drug-likeness (QED) is 0.883. The molecule has 2 rings (SSSR count). The summed E-state index contributed by atoms with van der Waals surface area (Å²) in [4.78, 5) is 4.33. The van der Waals surface area contributed by atoms with Crippen molar-refractivity contribution in [2.45, 2.75) is 26.8 Å². The third kappa shape index (κ3) is 3.97. The molecule has 1 aromatic carbocycles. The van der Waals surface area contributed by atoms with E-state index in [9.17, 15) is 0 Å². The van der Waals surface area contributed by atoms with E-state index in [1.165, 1.54) is 5.56 Å². The molecule has 0 bridgehead atoms. The normalized spacial score (nSPS) is 12.0. The molecule has 106 valence electrons. The predicted octanol–water partition coefficient (Wildman–Crippen LogP) is 4.34. The summed E-state index contributed by atoms with van der Waals surface area (Å²) in [5.74, 6) is 1.74. The van der Waals surface area contributed by atoms with E-state index in [0.29, 0.717) is 6.61 Å². The Morgan fingerprint density at radius 3 is 2.60 bits per heavy atom. The Hall–Kier alpha value is -1.55. The number of hydrogen-bond acceptors (Lipinski definition) is 3. The Morgan fingerprint density at radius 1 is 1.20 bits per heavy atom. The van der Waals surface area contributed by atoms with Crippen LogP contribution in [0.25, 0.3) is 0 Å². The van der Waals surface area contributed by atoms with Crippen molar-refractivity contribution in [3.8, 4) is 5.75 Å². The number of benzene rings is 1. The van der Waals surface area contributed by atoms with Crippen LogP contribution in [0.4, 0.5) is 5.82 Å².